The van der Waals surface area contributed by atoms with Crippen LogP contribution in [0, 0.1) is 0 Å². The third-order valence-corrected chi connectivity index (χ3v) is 4.55. The lowest BCUT2D eigenvalue weighted by molar-refractivity contribution is 0.462. The van der Waals surface area contributed by atoms with E-state index in [9.17, 15) is 5.11 Å². The largest absolute Gasteiger partial charge is 0.507 e. The van der Waals surface area contributed by atoms with E-state index in [1.165, 1.54) is 4.90 Å². The summed E-state index contributed by atoms with van der Waals surface area (Å²) in [4.78, 5) is 2.26. The molecule has 0 aliphatic carbocycles. The van der Waals surface area contributed by atoms with Crippen LogP contribution in [0.1, 0.15) is 0 Å². The first-order valence-electron chi connectivity index (χ1n) is 5.45. The Labute approximate surface area is 110 Å². The van der Waals surface area contributed by atoms with Gasteiger partial charge in [0.25, 0.3) is 0 Å². The Morgan fingerprint density at radius 1 is 0.765 bits per heavy atom. The molecule has 3 heteroatoms. The normalized spacial score (nSPS) is 10.4. The van der Waals surface area contributed by atoms with Gasteiger partial charge in [0.1, 0.15) is 5.75 Å². The van der Waals surface area contributed by atoms with Crippen LogP contribution in [0.4, 0.5) is 0 Å². The van der Waals surface area contributed by atoms with Crippen LogP contribution < -0.4 is 0 Å². The zero-order chi connectivity index (χ0) is 11.9. The predicted molar refractivity (Wildman–Crippen MR) is 76.0 cm³/mol. The summed E-state index contributed by atoms with van der Waals surface area (Å²) in [6.07, 6.45) is 0. The van der Waals surface area contributed by atoms with Crippen LogP contribution in [0.15, 0.2) is 64.4 Å². The first-order chi connectivity index (χ1) is 8.36. The maximum Gasteiger partial charge on any atom is 0.129 e. The van der Waals surface area contributed by atoms with Gasteiger partial charge in [0.15, 0.2) is 0 Å². The van der Waals surface area contributed by atoms with Crippen molar-refractivity contribution in [3.05, 3.63) is 54.6 Å². The van der Waals surface area contributed by atoms with Crippen molar-refractivity contribution in [3.63, 3.8) is 0 Å². The van der Waals surface area contributed by atoms with E-state index in [0.29, 0.717) is 5.75 Å². The molecule has 0 spiro atoms. The zero-order valence-electron chi connectivity index (χ0n) is 9.37. The van der Waals surface area contributed by atoms with Gasteiger partial charge in [-0.3, -0.25) is 0 Å². The topological polar surface area (TPSA) is 20.2 Å². The molecule has 0 saturated heterocycles. The summed E-state index contributed by atoms with van der Waals surface area (Å²) in [5.41, 5.74) is 0. The highest BCUT2D eigenvalue weighted by Crippen LogP contribution is 2.29. The number of rotatable bonds is 5. The Balaban J connectivity index is 1.76. The lowest BCUT2D eigenvalue weighted by Gasteiger charge is -2.04. The average Bonchev–Trinajstić information content (AvgIpc) is 2.38. The minimum Gasteiger partial charge on any atom is -0.507 e. The van der Waals surface area contributed by atoms with Crippen LogP contribution >= 0.6 is 23.5 Å². The number of thioether (sulfide) groups is 2. The molecule has 0 fully saturated rings. The fraction of sp³-hybridized carbons (Fsp3) is 0.143. The monoisotopic (exact) mass is 262 g/mol. The molecule has 1 nitrogen and oxygen atoms in total. The maximum absolute atomic E-state index is 9.60. The van der Waals surface area contributed by atoms with Crippen molar-refractivity contribution >= 4 is 23.5 Å². The average molecular weight is 262 g/mol. The first kappa shape index (κ1) is 12.4. The van der Waals surface area contributed by atoms with E-state index in [1.54, 1.807) is 17.8 Å². The van der Waals surface area contributed by atoms with Crippen LogP contribution in [-0.4, -0.2) is 16.6 Å². The second-order valence-corrected chi connectivity index (χ2v) is 5.78. The Bertz CT molecular complexity index is 457. The lowest BCUT2D eigenvalue weighted by Crippen LogP contribution is -1.84. The standard InChI is InChI=1S/C14H14OS2/c15-13-8-4-5-9-14(13)17-11-10-16-12-6-2-1-3-7-12/h1-9,15H,10-11H2. The van der Waals surface area contributed by atoms with E-state index in [2.05, 4.69) is 24.3 Å². The molecule has 0 aliphatic rings. The van der Waals surface area contributed by atoms with Gasteiger partial charge in [0, 0.05) is 21.3 Å². The SMILES string of the molecule is Oc1ccccc1SCCSc1ccccc1. The summed E-state index contributed by atoms with van der Waals surface area (Å²) in [6, 6.07) is 17.9. The van der Waals surface area contributed by atoms with E-state index in [-0.39, 0.29) is 0 Å². The first-order valence-corrected chi connectivity index (χ1v) is 7.42. The van der Waals surface area contributed by atoms with Crippen molar-refractivity contribution < 1.29 is 5.11 Å². The molecule has 0 unspecified atom stereocenters. The molecule has 0 saturated carbocycles. The fourth-order valence-corrected chi connectivity index (χ4v) is 3.27. The summed E-state index contributed by atoms with van der Waals surface area (Å²) < 4.78 is 0. The van der Waals surface area contributed by atoms with Gasteiger partial charge < -0.3 is 5.11 Å². The Morgan fingerprint density at radius 3 is 2.18 bits per heavy atom. The van der Waals surface area contributed by atoms with Gasteiger partial charge in [0.05, 0.1) is 0 Å². The van der Waals surface area contributed by atoms with Gasteiger partial charge in [-0.1, -0.05) is 30.3 Å². The Morgan fingerprint density at radius 2 is 1.41 bits per heavy atom. The van der Waals surface area contributed by atoms with Gasteiger partial charge in [-0.15, -0.1) is 23.5 Å². The molecule has 2 rings (SSSR count). The van der Waals surface area contributed by atoms with Crippen LogP contribution in [0.2, 0.25) is 0 Å². The highest BCUT2D eigenvalue weighted by molar-refractivity contribution is 8.03. The number of para-hydroxylation sites is 1. The molecule has 0 bridgehead atoms. The molecule has 0 heterocycles. The Kier molecular flexibility index (Phi) is 4.83. The number of phenols is 1. The van der Waals surface area contributed by atoms with Crippen molar-refractivity contribution in [2.45, 2.75) is 9.79 Å². The van der Waals surface area contributed by atoms with Crippen LogP contribution in [-0.2, 0) is 0 Å². The van der Waals surface area contributed by atoms with Crippen molar-refractivity contribution in [1.82, 2.24) is 0 Å². The zero-order valence-corrected chi connectivity index (χ0v) is 11.0. The number of benzene rings is 2. The van der Waals surface area contributed by atoms with E-state index in [4.69, 9.17) is 0 Å². The van der Waals surface area contributed by atoms with Crippen LogP contribution in [0.25, 0.3) is 0 Å². The molecular weight excluding hydrogens is 248 g/mol. The van der Waals surface area contributed by atoms with Crippen molar-refractivity contribution in [1.29, 1.82) is 0 Å². The molecule has 17 heavy (non-hydrogen) atoms. The van der Waals surface area contributed by atoms with Crippen molar-refractivity contribution in [3.8, 4) is 5.75 Å². The predicted octanol–water partition coefficient (Wildman–Crippen LogP) is 4.28. The van der Waals surface area contributed by atoms with Crippen LogP contribution in [0.5, 0.6) is 5.75 Å². The number of aromatic hydroxyl groups is 1. The second-order valence-electron chi connectivity index (χ2n) is 3.48. The molecule has 0 aliphatic heterocycles. The van der Waals surface area contributed by atoms with Crippen LogP contribution in [0.3, 0.4) is 0 Å². The molecule has 2 aromatic carbocycles. The number of phenolic OH excluding ortho intramolecular Hbond substituents is 1. The van der Waals surface area contributed by atoms with E-state index < -0.39 is 0 Å². The van der Waals surface area contributed by atoms with E-state index in [1.807, 2.05) is 36.0 Å². The van der Waals surface area contributed by atoms with Crippen molar-refractivity contribution in [2.24, 2.45) is 0 Å². The summed E-state index contributed by atoms with van der Waals surface area (Å²) >= 11 is 3.54. The van der Waals surface area contributed by atoms with Gasteiger partial charge in [-0.2, -0.15) is 0 Å². The molecule has 1 N–H and O–H groups in total. The lowest BCUT2D eigenvalue weighted by atomic mass is 10.3. The molecule has 0 radical (unpaired) electrons. The molecule has 88 valence electrons. The summed E-state index contributed by atoms with van der Waals surface area (Å²) in [7, 11) is 0. The quantitative estimate of drug-likeness (QED) is 0.641. The third kappa shape index (κ3) is 4.02. The highest BCUT2D eigenvalue weighted by atomic mass is 32.2. The van der Waals surface area contributed by atoms with Gasteiger partial charge in [-0.25, -0.2) is 0 Å². The third-order valence-electron chi connectivity index (χ3n) is 2.22. The molecule has 2 aromatic rings. The number of hydrogen-bond donors (Lipinski definition) is 1. The number of hydrogen-bond acceptors (Lipinski definition) is 3. The Hall–Kier alpha value is -1.06. The van der Waals surface area contributed by atoms with Crippen molar-refractivity contribution in [2.75, 3.05) is 11.5 Å². The van der Waals surface area contributed by atoms with Gasteiger partial charge in [0.2, 0.25) is 0 Å². The summed E-state index contributed by atoms with van der Waals surface area (Å²) in [5.74, 6) is 2.42. The molecular formula is C14H14OS2. The molecule has 0 aromatic heterocycles. The second kappa shape index (κ2) is 6.62. The minimum atomic E-state index is 0.377. The maximum atomic E-state index is 9.60. The minimum absolute atomic E-state index is 0.377. The van der Waals surface area contributed by atoms with E-state index >= 15 is 0 Å². The smallest absolute Gasteiger partial charge is 0.129 e. The van der Waals surface area contributed by atoms with Gasteiger partial charge in [-0.05, 0) is 24.3 Å². The molecule has 0 amide bonds. The summed E-state index contributed by atoms with van der Waals surface area (Å²) in [6.45, 7) is 0. The molecule has 0 atom stereocenters. The summed E-state index contributed by atoms with van der Waals surface area (Å²) in [5, 5.41) is 9.60. The highest BCUT2D eigenvalue weighted by Gasteiger charge is 2.00. The fourth-order valence-electron chi connectivity index (χ4n) is 1.41. The van der Waals surface area contributed by atoms with Gasteiger partial charge >= 0.3 is 0 Å². The van der Waals surface area contributed by atoms with E-state index in [0.717, 1.165) is 16.4 Å².